The zero-order valence-corrected chi connectivity index (χ0v) is 31.9. The molecule has 19 nitrogen and oxygen atoms in total. The third kappa shape index (κ3) is 6.87. The van der Waals surface area contributed by atoms with Crippen LogP contribution in [0.25, 0.3) is 22.1 Å². The molecule has 4 amide bonds. The van der Waals surface area contributed by atoms with Crippen LogP contribution in [0, 0.1) is 13.8 Å². The highest BCUT2D eigenvalue weighted by atomic mass is 16.5. The van der Waals surface area contributed by atoms with E-state index < -0.39 is 17.7 Å². The fourth-order valence-electron chi connectivity index (χ4n) is 7.12. The first-order valence-corrected chi connectivity index (χ1v) is 18.1. The van der Waals surface area contributed by atoms with Crippen molar-refractivity contribution in [2.24, 2.45) is 11.5 Å². The van der Waals surface area contributed by atoms with Crippen LogP contribution in [-0.4, -0.2) is 101 Å². The molecular formula is C37H43N13O6. The zero-order chi connectivity index (χ0) is 40.0. The van der Waals surface area contributed by atoms with E-state index in [1.54, 1.807) is 45.8 Å². The van der Waals surface area contributed by atoms with Gasteiger partial charge in [-0.25, -0.2) is 9.97 Å². The summed E-state index contributed by atoms with van der Waals surface area (Å²) < 4.78 is 18.9. The second kappa shape index (κ2) is 14.8. The van der Waals surface area contributed by atoms with Gasteiger partial charge in [-0.05, 0) is 71.1 Å². The van der Waals surface area contributed by atoms with Gasteiger partial charge in [-0.3, -0.25) is 43.7 Å². The summed E-state index contributed by atoms with van der Waals surface area (Å²) in [6.07, 6.45) is 0. The van der Waals surface area contributed by atoms with E-state index in [2.05, 4.69) is 25.7 Å². The van der Waals surface area contributed by atoms with Gasteiger partial charge in [-0.15, -0.1) is 0 Å². The summed E-state index contributed by atoms with van der Waals surface area (Å²) in [5, 5.41) is 14.7. The molecule has 7 rings (SSSR count). The lowest BCUT2D eigenvalue weighted by Gasteiger charge is -2.30. The minimum atomic E-state index is -0.648. The first-order valence-electron chi connectivity index (χ1n) is 18.1. The number of ether oxygens (including phenoxy) is 2. The number of amides is 4. The Labute approximate surface area is 320 Å². The van der Waals surface area contributed by atoms with E-state index >= 15 is 0 Å². The number of likely N-dealkylation sites (N-methyl/N-ethyl adjacent to an activating group) is 1. The van der Waals surface area contributed by atoms with Gasteiger partial charge in [0.2, 0.25) is 23.7 Å². The molecule has 2 aromatic carbocycles. The number of hydrogen-bond donors (Lipinski definition) is 4. The number of nitrogens with zero attached hydrogens (tertiary/aromatic N) is 9. The van der Waals surface area contributed by atoms with Crippen molar-refractivity contribution in [3.63, 3.8) is 0 Å². The van der Waals surface area contributed by atoms with Crippen LogP contribution in [0.2, 0.25) is 0 Å². The summed E-state index contributed by atoms with van der Waals surface area (Å²) >= 11 is 0. The summed E-state index contributed by atoms with van der Waals surface area (Å²) in [5.74, 6) is -0.779. The SMILES string of the molecule is CCn1nc(C)cc1C(=O)Nc1nc2cc(C(N)=O)cc(OC)c2n1CCN(C)C[C@H]1COc2cc(C(N)=O)cc3nc(NC(=O)c4cc(C)nn4CC)n1c23. The molecule has 0 bridgehead atoms. The summed E-state index contributed by atoms with van der Waals surface area (Å²) in [7, 11) is 3.42. The van der Waals surface area contributed by atoms with Crippen LogP contribution in [0.5, 0.6) is 11.5 Å². The number of carbonyl (C=O) groups is 4. The highest BCUT2D eigenvalue weighted by Gasteiger charge is 2.31. The van der Waals surface area contributed by atoms with Gasteiger partial charge in [0.1, 0.15) is 40.5 Å². The number of primary amides is 2. The number of nitrogens with two attached hydrogens (primary N) is 2. The molecule has 0 radical (unpaired) electrons. The fraction of sp³-hybridized carbons (Fsp3) is 0.351. The number of fused-ring (bicyclic) bond motifs is 1. The Kier molecular flexibility index (Phi) is 9.94. The molecule has 0 saturated heterocycles. The lowest BCUT2D eigenvalue weighted by molar-refractivity contribution is 0.0991. The standard InChI is InChI=1S/C37H43N13O6/c1-7-48-26(11-19(3)44-48)34(53)42-36-40-24-13-21(32(38)51)15-28(55-6)30(24)47(36)10-9-46(5)17-23-18-56-29-16-22(33(39)52)14-25-31(29)50(23)37(41-25)43-35(54)27-12-20(4)45-49(27)8-2/h11-16,23H,7-10,17-18H2,1-6H3,(H2,38,51)(H2,39,52)(H,40,42,53)(H,41,43,54)/t23-/m0/s1. The molecule has 56 heavy (non-hydrogen) atoms. The van der Waals surface area contributed by atoms with Crippen LogP contribution < -0.4 is 31.6 Å². The number of carbonyl (C=O) groups excluding carboxylic acids is 4. The summed E-state index contributed by atoms with van der Waals surface area (Å²) in [4.78, 5) is 63.1. The molecule has 4 aromatic heterocycles. The summed E-state index contributed by atoms with van der Waals surface area (Å²) in [6, 6.07) is 9.34. The molecule has 1 aliphatic rings. The molecule has 1 aliphatic heterocycles. The lowest BCUT2D eigenvalue weighted by Crippen LogP contribution is -2.36. The quantitative estimate of drug-likeness (QED) is 0.126. The smallest absolute Gasteiger partial charge is 0.276 e. The third-order valence-corrected chi connectivity index (χ3v) is 9.69. The number of methoxy groups -OCH3 is 1. The normalized spacial score (nSPS) is 13.7. The molecular weight excluding hydrogens is 722 g/mol. The van der Waals surface area contributed by atoms with E-state index in [4.69, 9.17) is 30.9 Å². The number of aryl methyl sites for hydroxylation is 4. The third-order valence-electron chi connectivity index (χ3n) is 9.69. The zero-order valence-electron chi connectivity index (χ0n) is 31.9. The maximum atomic E-state index is 13.6. The van der Waals surface area contributed by atoms with Gasteiger partial charge in [0, 0.05) is 43.9 Å². The Bertz CT molecular complexity index is 2540. The topological polar surface area (TPSA) is 237 Å². The Morgan fingerprint density at radius 1 is 0.839 bits per heavy atom. The Balaban J connectivity index is 1.20. The molecule has 6 N–H and O–H groups in total. The molecule has 0 fully saturated rings. The average Bonchev–Trinajstić information content (AvgIpc) is 3.93. The van der Waals surface area contributed by atoms with E-state index in [0.717, 1.165) is 0 Å². The van der Waals surface area contributed by atoms with Gasteiger partial charge in [-0.2, -0.15) is 10.2 Å². The van der Waals surface area contributed by atoms with Crippen LogP contribution in [0.4, 0.5) is 11.9 Å². The number of hydrogen-bond acceptors (Lipinski definition) is 11. The van der Waals surface area contributed by atoms with Crippen LogP contribution in [0.1, 0.15) is 73.0 Å². The number of rotatable bonds is 14. The Hall–Kier alpha value is -6.76. The highest BCUT2D eigenvalue weighted by molar-refractivity contribution is 6.05. The number of imidazole rings is 2. The minimum Gasteiger partial charge on any atom is -0.494 e. The first-order chi connectivity index (χ1) is 26.8. The minimum absolute atomic E-state index is 0.198. The highest BCUT2D eigenvalue weighted by Crippen LogP contribution is 2.38. The van der Waals surface area contributed by atoms with Crippen molar-refractivity contribution in [3.8, 4) is 11.5 Å². The van der Waals surface area contributed by atoms with Gasteiger partial charge in [0.05, 0.1) is 35.6 Å². The second-order valence-corrected chi connectivity index (χ2v) is 13.6. The van der Waals surface area contributed by atoms with Crippen molar-refractivity contribution < 1.29 is 28.7 Å². The van der Waals surface area contributed by atoms with E-state index in [1.165, 1.54) is 7.11 Å². The molecule has 0 unspecified atom stereocenters. The largest absolute Gasteiger partial charge is 0.494 e. The van der Waals surface area contributed by atoms with Gasteiger partial charge < -0.3 is 30.4 Å². The van der Waals surface area contributed by atoms with Crippen molar-refractivity contribution in [1.29, 1.82) is 0 Å². The number of nitrogens with one attached hydrogen (secondary N) is 2. The molecule has 292 valence electrons. The average molecular weight is 766 g/mol. The van der Waals surface area contributed by atoms with Crippen LogP contribution >= 0.6 is 0 Å². The molecule has 0 aliphatic carbocycles. The lowest BCUT2D eigenvalue weighted by atomic mass is 10.1. The van der Waals surface area contributed by atoms with Crippen molar-refractivity contribution in [2.75, 3.05) is 44.5 Å². The molecule has 6 aromatic rings. The molecule has 19 heteroatoms. The van der Waals surface area contributed by atoms with Crippen molar-refractivity contribution in [1.82, 2.24) is 43.6 Å². The van der Waals surface area contributed by atoms with Crippen LogP contribution in [-0.2, 0) is 19.6 Å². The summed E-state index contributed by atoms with van der Waals surface area (Å²) in [6.45, 7) is 9.83. The molecule has 5 heterocycles. The van der Waals surface area contributed by atoms with Gasteiger partial charge in [0.25, 0.3) is 11.8 Å². The monoisotopic (exact) mass is 765 g/mol. The van der Waals surface area contributed by atoms with E-state index in [0.29, 0.717) is 89.1 Å². The van der Waals surface area contributed by atoms with E-state index in [9.17, 15) is 19.2 Å². The van der Waals surface area contributed by atoms with Crippen molar-refractivity contribution in [3.05, 3.63) is 70.3 Å². The molecule has 0 saturated carbocycles. The van der Waals surface area contributed by atoms with Crippen LogP contribution in [0.15, 0.2) is 36.4 Å². The number of anilines is 2. The van der Waals surface area contributed by atoms with Gasteiger partial charge >= 0.3 is 0 Å². The number of aromatic nitrogens is 8. The first kappa shape index (κ1) is 37.6. The Morgan fingerprint density at radius 3 is 1.96 bits per heavy atom. The molecule has 0 spiro atoms. The summed E-state index contributed by atoms with van der Waals surface area (Å²) in [5.41, 5.74) is 15.8. The predicted molar refractivity (Wildman–Crippen MR) is 206 cm³/mol. The maximum Gasteiger partial charge on any atom is 0.276 e. The fourth-order valence-corrected chi connectivity index (χ4v) is 7.12. The van der Waals surface area contributed by atoms with Gasteiger partial charge in [-0.1, -0.05) is 0 Å². The van der Waals surface area contributed by atoms with Crippen molar-refractivity contribution in [2.45, 2.75) is 53.4 Å². The van der Waals surface area contributed by atoms with Crippen LogP contribution in [0.3, 0.4) is 0 Å². The second-order valence-electron chi connectivity index (χ2n) is 13.6. The number of benzene rings is 2. The van der Waals surface area contributed by atoms with Crippen molar-refractivity contribution >= 4 is 57.6 Å². The van der Waals surface area contributed by atoms with E-state index in [-0.39, 0.29) is 41.6 Å². The predicted octanol–water partition coefficient (Wildman–Crippen LogP) is 2.71. The maximum absolute atomic E-state index is 13.6. The van der Waals surface area contributed by atoms with E-state index in [1.807, 2.05) is 43.9 Å². The van der Waals surface area contributed by atoms with Gasteiger partial charge in [0.15, 0.2) is 0 Å². The Morgan fingerprint density at radius 2 is 1.39 bits per heavy atom. The molecule has 1 atom stereocenters.